The van der Waals surface area contributed by atoms with Gasteiger partial charge in [0, 0.05) is 46.1 Å². The van der Waals surface area contributed by atoms with E-state index in [9.17, 15) is 24.0 Å². The Balaban J connectivity index is 1.41. The first-order valence-corrected chi connectivity index (χ1v) is 14.9. The third-order valence-corrected chi connectivity index (χ3v) is 7.54. The van der Waals surface area contributed by atoms with Crippen LogP contribution in [0, 0.1) is 11.8 Å². The summed E-state index contributed by atoms with van der Waals surface area (Å²) < 4.78 is 10.8. The standard InChI is InChI=1S/C31H46N4O7/c1-22(36)33-26(29(39)41-21-24-9-6-5-7-10-24)19-32-28(38)25-11-8-16-35(20-25)27(37)13-12-23-14-17-34(18-15-23)30(40)42-31(2,3)4/h5-7,9-10,23,25-26H,8,11-21H2,1-4H3,(H,32,38)(H,33,36)/t25-,26?/m1/s1. The minimum absolute atomic E-state index is 0.0303. The van der Waals surface area contributed by atoms with Crippen molar-refractivity contribution in [3.05, 3.63) is 35.9 Å². The summed E-state index contributed by atoms with van der Waals surface area (Å²) >= 11 is 0. The average Bonchev–Trinajstić information content (AvgIpc) is 2.96. The topological polar surface area (TPSA) is 134 Å². The van der Waals surface area contributed by atoms with Gasteiger partial charge in [-0.3, -0.25) is 14.4 Å². The van der Waals surface area contributed by atoms with Crippen LogP contribution in [0.3, 0.4) is 0 Å². The van der Waals surface area contributed by atoms with Crippen LogP contribution in [-0.2, 0) is 35.3 Å². The van der Waals surface area contributed by atoms with E-state index in [0.29, 0.717) is 51.4 Å². The molecule has 3 rings (SSSR count). The van der Waals surface area contributed by atoms with Crippen molar-refractivity contribution in [1.82, 2.24) is 20.4 Å². The third kappa shape index (κ3) is 11.0. The van der Waals surface area contributed by atoms with Gasteiger partial charge in [-0.25, -0.2) is 9.59 Å². The van der Waals surface area contributed by atoms with E-state index in [0.717, 1.165) is 24.8 Å². The molecule has 1 unspecified atom stereocenters. The fraction of sp³-hybridized carbons (Fsp3) is 0.645. The van der Waals surface area contributed by atoms with Gasteiger partial charge in [0.25, 0.3) is 0 Å². The van der Waals surface area contributed by atoms with Crippen LogP contribution in [0.2, 0.25) is 0 Å². The van der Waals surface area contributed by atoms with Crippen molar-refractivity contribution in [1.29, 1.82) is 0 Å². The number of ether oxygens (including phenoxy) is 2. The summed E-state index contributed by atoms with van der Waals surface area (Å²) in [7, 11) is 0. The first kappa shape index (κ1) is 32.9. The van der Waals surface area contributed by atoms with Crippen LogP contribution in [0.25, 0.3) is 0 Å². The van der Waals surface area contributed by atoms with Gasteiger partial charge in [0.1, 0.15) is 18.2 Å². The summed E-state index contributed by atoms with van der Waals surface area (Å²) in [6.45, 7) is 9.00. The number of hydrogen-bond donors (Lipinski definition) is 2. The maximum Gasteiger partial charge on any atom is 0.410 e. The van der Waals surface area contributed by atoms with Crippen molar-refractivity contribution in [3.8, 4) is 0 Å². The van der Waals surface area contributed by atoms with Gasteiger partial charge in [-0.2, -0.15) is 0 Å². The number of nitrogens with one attached hydrogen (secondary N) is 2. The van der Waals surface area contributed by atoms with Crippen molar-refractivity contribution >= 4 is 29.8 Å². The van der Waals surface area contributed by atoms with E-state index in [1.165, 1.54) is 6.92 Å². The summed E-state index contributed by atoms with van der Waals surface area (Å²) in [5, 5.41) is 5.32. The molecule has 4 amide bonds. The Hall–Kier alpha value is -3.63. The summed E-state index contributed by atoms with van der Waals surface area (Å²) in [5.74, 6) is -1.29. The molecule has 2 aliphatic heterocycles. The lowest BCUT2D eigenvalue weighted by molar-refractivity contribution is -0.149. The second-order valence-corrected chi connectivity index (χ2v) is 12.2. The Labute approximate surface area is 248 Å². The van der Waals surface area contributed by atoms with Gasteiger partial charge in [0.05, 0.1) is 5.92 Å². The normalized spacial score (nSPS) is 18.5. The van der Waals surface area contributed by atoms with Crippen molar-refractivity contribution in [2.75, 3.05) is 32.7 Å². The van der Waals surface area contributed by atoms with Crippen molar-refractivity contribution < 1.29 is 33.4 Å². The number of nitrogens with zero attached hydrogens (tertiary/aromatic N) is 2. The van der Waals surface area contributed by atoms with E-state index in [1.807, 2.05) is 51.1 Å². The van der Waals surface area contributed by atoms with Crippen molar-refractivity contribution in [2.24, 2.45) is 11.8 Å². The minimum Gasteiger partial charge on any atom is -0.459 e. The average molecular weight is 587 g/mol. The lowest BCUT2D eigenvalue weighted by Crippen LogP contribution is -2.51. The number of carbonyl (C=O) groups is 5. The molecule has 1 aromatic carbocycles. The number of rotatable bonds is 10. The maximum absolute atomic E-state index is 13.0. The van der Waals surface area contributed by atoms with Crippen LogP contribution in [-0.4, -0.2) is 84.0 Å². The molecule has 2 saturated heterocycles. The molecule has 42 heavy (non-hydrogen) atoms. The van der Waals surface area contributed by atoms with Gasteiger partial charge in [-0.1, -0.05) is 30.3 Å². The van der Waals surface area contributed by atoms with Gasteiger partial charge in [-0.05, 0) is 64.4 Å². The molecule has 0 saturated carbocycles. The van der Waals surface area contributed by atoms with E-state index in [4.69, 9.17) is 9.47 Å². The first-order chi connectivity index (χ1) is 19.9. The van der Waals surface area contributed by atoms with Crippen molar-refractivity contribution in [2.45, 2.75) is 84.5 Å². The van der Waals surface area contributed by atoms with Crippen molar-refractivity contribution in [3.63, 3.8) is 0 Å². The molecule has 2 fully saturated rings. The zero-order chi connectivity index (χ0) is 30.7. The molecule has 11 heteroatoms. The van der Waals surface area contributed by atoms with Crippen LogP contribution >= 0.6 is 0 Å². The molecule has 0 aliphatic carbocycles. The molecule has 232 valence electrons. The minimum atomic E-state index is -1.02. The Morgan fingerprint density at radius 3 is 2.31 bits per heavy atom. The molecule has 2 aliphatic rings. The summed E-state index contributed by atoms with van der Waals surface area (Å²) in [6.07, 6.45) is 3.89. The summed E-state index contributed by atoms with van der Waals surface area (Å²) in [5.41, 5.74) is 0.292. The van der Waals surface area contributed by atoms with E-state index >= 15 is 0 Å². The van der Waals surface area contributed by atoms with Gasteiger partial charge < -0.3 is 29.9 Å². The fourth-order valence-corrected chi connectivity index (χ4v) is 5.25. The Morgan fingerprint density at radius 1 is 0.976 bits per heavy atom. The number of carbonyl (C=O) groups excluding carboxylic acids is 5. The van der Waals surface area contributed by atoms with Crippen LogP contribution in [0.1, 0.15) is 71.8 Å². The molecule has 2 atom stereocenters. The van der Waals surface area contributed by atoms with E-state index in [2.05, 4.69) is 10.6 Å². The van der Waals surface area contributed by atoms with Gasteiger partial charge in [0.2, 0.25) is 17.7 Å². The van der Waals surface area contributed by atoms with Crippen LogP contribution in [0.15, 0.2) is 30.3 Å². The Kier molecular flexibility index (Phi) is 12.2. The molecule has 2 N–H and O–H groups in total. The summed E-state index contributed by atoms with van der Waals surface area (Å²) in [4.78, 5) is 66.1. The number of benzene rings is 1. The highest BCUT2D eigenvalue weighted by Crippen LogP contribution is 2.25. The Morgan fingerprint density at radius 2 is 1.67 bits per heavy atom. The highest BCUT2D eigenvalue weighted by Gasteiger charge is 2.31. The molecular formula is C31H46N4O7. The molecule has 0 spiro atoms. The highest BCUT2D eigenvalue weighted by molar-refractivity contribution is 5.85. The monoisotopic (exact) mass is 586 g/mol. The maximum atomic E-state index is 13.0. The third-order valence-electron chi connectivity index (χ3n) is 7.54. The zero-order valence-corrected chi connectivity index (χ0v) is 25.4. The lowest BCUT2D eigenvalue weighted by Gasteiger charge is -2.34. The van der Waals surface area contributed by atoms with E-state index in [-0.39, 0.29) is 31.1 Å². The van der Waals surface area contributed by atoms with Gasteiger partial charge >= 0.3 is 12.1 Å². The second-order valence-electron chi connectivity index (χ2n) is 12.2. The molecule has 11 nitrogen and oxygen atoms in total. The zero-order valence-electron chi connectivity index (χ0n) is 25.4. The van der Waals surface area contributed by atoms with Crippen LogP contribution < -0.4 is 10.6 Å². The van der Waals surface area contributed by atoms with E-state index in [1.54, 1.807) is 9.80 Å². The predicted octanol–water partition coefficient (Wildman–Crippen LogP) is 3.02. The number of hydrogen-bond acceptors (Lipinski definition) is 7. The number of esters is 1. The van der Waals surface area contributed by atoms with Gasteiger partial charge in [-0.15, -0.1) is 0 Å². The number of piperidine rings is 2. The Bertz CT molecular complexity index is 1080. The van der Waals surface area contributed by atoms with E-state index < -0.39 is 29.4 Å². The first-order valence-electron chi connectivity index (χ1n) is 14.9. The van der Waals surface area contributed by atoms with Crippen LogP contribution in [0.5, 0.6) is 0 Å². The SMILES string of the molecule is CC(=O)NC(CNC(=O)[C@@H]1CCCN(C(=O)CCC2CCN(C(=O)OC(C)(C)C)CC2)C1)C(=O)OCc1ccccc1. The molecule has 2 heterocycles. The molecule has 0 bridgehead atoms. The van der Waals surface area contributed by atoms with Gasteiger partial charge in [0.15, 0.2) is 0 Å². The molecule has 0 radical (unpaired) electrons. The van der Waals surface area contributed by atoms with Crippen LogP contribution in [0.4, 0.5) is 4.79 Å². The number of amides is 4. The molecule has 1 aromatic rings. The lowest BCUT2D eigenvalue weighted by atomic mass is 9.91. The quantitative estimate of drug-likeness (QED) is 0.403. The predicted molar refractivity (Wildman–Crippen MR) is 156 cm³/mol. The largest absolute Gasteiger partial charge is 0.459 e. The fourth-order valence-electron chi connectivity index (χ4n) is 5.25. The summed E-state index contributed by atoms with van der Waals surface area (Å²) in [6, 6.07) is 8.18. The highest BCUT2D eigenvalue weighted by atomic mass is 16.6. The molecule has 0 aromatic heterocycles. The number of likely N-dealkylation sites (tertiary alicyclic amines) is 2. The smallest absolute Gasteiger partial charge is 0.410 e. The second kappa shape index (κ2) is 15.6. The molecular weight excluding hydrogens is 540 g/mol.